The summed E-state index contributed by atoms with van der Waals surface area (Å²) in [7, 11) is 0. The van der Waals surface area contributed by atoms with Crippen molar-refractivity contribution in [2.45, 2.75) is 25.8 Å². The highest BCUT2D eigenvalue weighted by atomic mass is 16.3. The van der Waals surface area contributed by atoms with Crippen LogP contribution in [0, 0.1) is 0 Å². The second-order valence-electron chi connectivity index (χ2n) is 4.29. The van der Waals surface area contributed by atoms with Crippen molar-refractivity contribution in [2.75, 3.05) is 39.3 Å². The highest BCUT2D eigenvalue weighted by molar-refractivity contribution is 5.81. The summed E-state index contributed by atoms with van der Waals surface area (Å²) in [6.45, 7) is 6.06. The number of β-amino-alcohol motifs (C(OH)–C–C–N with tert-alkyl or cyclic N) is 1. The molecule has 1 aliphatic heterocycles. The van der Waals surface area contributed by atoms with Crippen LogP contribution in [0.15, 0.2) is 0 Å². The summed E-state index contributed by atoms with van der Waals surface area (Å²) in [5, 5.41) is 8.81. The van der Waals surface area contributed by atoms with E-state index in [0.717, 1.165) is 39.0 Å². The minimum Gasteiger partial charge on any atom is -0.395 e. The topological polar surface area (TPSA) is 69.8 Å². The number of hydrogen-bond donors (Lipinski definition) is 2. The van der Waals surface area contributed by atoms with Crippen LogP contribution in [0.5, 0.6) is 0 Å². The summed E-state index contributed by atoms with van der Waals surface area (Å²) >= 11 is 0. The first-order chi connectivity index (χ1) is 7.69. The number of nitrogens with two attached hydrogens (primary N) is 1. The first-order valence-electron chi connectivity index (χ1n) is 6.06. The number of carbonyl (C=O) groups is 1. The first kappa shape index (κ1) is 13.4. The van der Waals surface area contributed by atoms with Gasteiger partial charge in [0.15, 0.2) is 0 Å². The summed E-state index contributed by atoms with van der Waals surface area (Å²) < 4.78 is 0. The Morgan fingerprint density at radius 3 is 2.50 bits per heavy atom. The Morgan fingerprint density at radius 2 is 2.00 bits per heavy atom. The highest BCUT2D eigenvalue weighted by Crippen LogP contribution is 2.05. The van der Waals surface area contributed by atoms with Gasteiger partial charge in [-0.1, -0.05) is 13.3 Å². The van der Waals surface area contributed by atoms with Gasteiger partial charge in [-0.3, -0.25) is 9.69 Å². The van der Waals surface area contributed by atoms with Crippen LogP contribution >= 0.6 is 0 Å². The summed E-state index contributed by atoms with van der Waals surface area (Å²) in [6.07, 6.45) is 1.70. The Hall–Kier alpha value is -0.650. The maximum Gasteiger partial charge on any atom is 0.239 e. The standard InChI is InChI=1S/C11H23N3O2/c1-2-3-10(12)11(16)14-6-4-13(5-7-14)8-9-15/h10,15H,2-9,12H2,1H3. The molecule has 16 heavy (non-hydrogen) atoms. The van der Waals surface area contributed by atoms with E-state index in [1.165, 1.54) is 0 Å². The molecule has 1 atom stereocenters. The molecular weight excluding hydrogens is 206 g/mol. The number of nitrogens with zero attached hydrogens (tertiary/aromatic N) is 2. The fraction of sp³-hybridized carbons (Fsp3) is 0.909. The second-order valence-corrected chi connectivity index (χ2v) is 4.29. The fourth-order valence-corrected chi connectivity index (χ4v) is 2.00. The highest BCUT2D eigenvalue weighted by Gasteiger charge is 2.24. The zero-order valence-corrected chi connectivity index (χ0v) is 10.1. The minimum atomic E-state index is -0.339. The molecule has 0 spiro atoms. The quantitative estimate of drug-likeness (QED) is 0.651. The lowest BCUT2D eigenvalue weighted by Gasteiger charge is -2.35. The van der Waals surface area contributed by atoms with Crippen LogP contribution in [0.4, 0.5) is 0 Å². The second kappa shape index (κ2) is 6.83. The average Bonchev–Trinajstić information content (AvgIpc) is 2.30. The molecule has 0 radical (unpaired) electrons. The van der Waals surface area contributed by atoms with Gasteiger partial charge in [0.05, 0.1) is 12.6 Å². The molecule has 5 nitrogen and oxygen atoms in total. The molecule has 0 aromatic rings. The van der Waals surface area contributed by atoms with Crippen LogP contribution in [0.1, 0.15) is 19.8 Å². The smallest absolute Gasteiger partial charge is 0.239 e. The first-order valence-corrected chi connectivity index (χ1v) is 6.06. The van der Waals surface area contributed by atoms with Crippen LogP contribution in [0.2, 0.25) is 0 Å². The Kier molecular flexibility index (Phi) is 5.73. The van der Waals surface area contributed by atoms with E-state index in [0.29, 0.717) is 6.54 Å². The molecule has 1 aliphatic rings. The molecule has 1 rings (SSSR count). The van der Waals surface area contributed by atoms with Gasteiger partial charge < -0.3 is 15.7 Å². The van der Waals surface area contributed by atoms with Gasteiger partial charge in [-0.25, -0.2) is 0 Å². The number of rotatable bonds is 5. The molecule has 1 heterocycles. The van der Waals surface area contributed by atoms with Crippen LogP contribution in [0.25, 0.3) is 0 Å². The van der Waals surface area contributed by atoms with E-state index in [4.69, 9.17) is 10.8 Å². The number of piperazine rings is 1. The van der Waals surface area contributed by atoms with Gasteiger partial charge in [-0.15, -0.1) is 0 Å². The van der Waals surface area contributed by atoms with Gasteiger partial charge >= 0.3 is 0 Å². The summed E-state index contributed by atoms with van der Waals surface area (Å²) in [6, 6.07) is -0.339. The monoisotopic (exact) mass is 229 g/mol. The van der Waals surface area contributed by atoms with Crippen molar-refractivity contribution < 1.29 is 9.90 Å². The van der Waals surface area contributed by atoms with E-state index in [-0.39, 0.29) is 18.6 Å². The Labute approximate surface area is 97.2 Å². The lowest BCUT2D eigenvalue weighted by molar-refractivity contribution is -0.134. The number of amides is 1. The maximum atomic E-state index is 11.9. The number of aliphatic hydroxyl groups excluding tert-OH is 1. The zero-order chi connectivity index (χ0) is 12.0. The lowest BCUT2D eigenvalue weighted by Crippen LogP contribution is -2.53. The fourth-order valence-electron chi connectivity index (χ4n) is 2.00. The number of aliphatic hydroxyl groups is 1. The molecule has 0 bridgehead atoms. The summed E-state index contributed by atoms with van der Waals surface area (Å²) in [4.78, 5) is 15.9. The normalized spacial score (nSPS) is 19.8. The van der Waals surface area contributed by atoms with Crippen LogP contribution in [0.3, 0.4) is 0 Å². The van der Waals surface area contributed by atoms with E-state index in [2.05, 4.69) is 4.90 Å². The number of carbonyl (C=O) groups excluding carboxylic acids is 1. The summed E-state index contributed by atoms with van der Waals surface area (Å²) in [5.74, 6) is 0.0745. The molecule has 3 N–H and O–H groups in total. The molecule has 0 aromatic carbocycles. The molecule has 1 saturated heterocycles. The molecule has 1 amide bonds. The predicted molar refractivity (Wildman–Crippen MR) is 63.0 cm³/mol. The van der Waals surface area contributed by atoms with Crippen molar-refractivity contribution in [1.29, 1.82) is 0 Å². The van der Waals surface area contributed by atoms with Gasteiger partial charge in [0.25, 0.3) is 0 Å². The van der Waals surface area contributed by atoms with Gasteiger partial charge in [0, 0.05) is 32.7 Å². The molecule has 5 heteroatoms. The Bertz CT molecular complexity index is 215. The van der Waals surface area contributed by atoms with Crippen LogP contribution in [-0.4, -0.2) is 66.2 Å². The SMILES string of the molecule is CCCC(N)C(=O)N1CCN(CCO)CC1. The predicted octanol–water partition coefficient (Wildman–Crippen LogP) is -0.750. The van der Waals surface area contributed by atoms with Gasteiger partial charge in [-0.05, 0) is 6.42 Å². The lowest BCUT2D eigenvalue weighted by atomic mass is 10.1. The Morgan fingerprint density at radius 1 is 1.38 bits per heavy atom. The molecule has 0 saturated carbocycles. The minimum absolute atomic E-state index is 0.0745. The summed E-state index contributed by atoms with van der Waals surface area (Å²) in [5.41, 5.74) is 5.81. The third-order valence-corrected chi connectivity index (χ3v) is 3.02. The number of hydrogen-bond acceptors (Lipinski definition) is 4. The van der Waals surface area contributed by atoms with Crippen molar-refractivity contribution in [3.05, 3.63) is 0 Å². The third kappa shape index (κ3) is 3.73. The van der Waals surface area contributed by atoms with Crippen molar-refractivity contribution in [2.24, 2.45) is 5.73 Å². The zero-order valence-electron chi connectivity index (χ0n) is 10.1. The van der Waals surface area contributed by atoms with Crippen molar-refractivity contribution >= 4 is 5.91 Å². The van der Waals surface area contributed by atoms with E-state index in [1.54, 1.807) is 0 Å². The van der Waals surface area contributed by atoms with Crippen LogP contribution < -0.4 is 5.73 Å². The van der Waals surface area contributed by atoms with E-state index in [1.807, 2.05) is 11.8 Å². The molecule has 94 valence electrons. The molecule has 0 aliphatic carbocycles. The third-order valence-electron chi connectivity index (χ3n) is 3.02. The van der Waals surface area contributed by atoms with Gasteiger partial charge in [0.2, 0.25) is 5.91 Å². The Balaban J connectivity index is 2.32. The van der Waals surface area contributed by atoms with Gasteiger partial charge in [0.1, 0.15) is 0 Å². The van der Waals surface area contributed by atoms with Gasteiger partial charge in [-0.2, -0.15) is 0 Å². The molecule has 1 unspecified atom stereocenters. The molecule has 1 fully saturated rings. The van der Waals surface area contributed by atoms with Crippen molar-refractivity contribution in [1.82, 2.24) is 9.80 Å². The largest absolute Gasteiger partial charge is 0.395 e. The maximum absolute atomic E-state index is 11.9. The molecule has 0 aromatic heterocycles. The van der Waals surface area contributed by atoms with E-state index < -0.39 is 0 Å². The van der Waals surface area contributed by atoms with Crippen LogP contribution in [-0.2, 0) is 4.79 Å². The van der Waals surface area contributed by atoms with Crippen molar-refractivity contribution in [3.63, 3.8) is 0 Å². The molecular formula is C11H23N3O2. The van der Waals surface area contributed by atoms with E-state index >= 15 is 0 Å². The van der Waals surface area contributed by atoms with Crippen molar-refractivity contribution in [3.8, 4) is 0 Å². The average molecular weight is 229 g/mol. The van der Waals surface area contributed by atoms with E-state index in [9.17, 15) is 4.79 Å².